The number of hydrogen-bond donors (Lipinski definition) is 1. The Labute approximate surface area is 161 Å². The van der Waals surface area contributed by atoms with Gasteiger partial charge in [0.2, 0.25) is 6.41 Å². The molecule has 0 unspecified atom stereocenters. The molecule has 27 heavy (non-hydrogen) atoms. The molecule has 0 saturated carbocycles. The van der Waals surface area contributed by atoms with Crippen LogP contribution in [0.25, 0.3) is 0 Å². The van der Waals surface area contributed by atoms with Gasteiger partial charge in [0.05, 0.1) is 19.4 Å². The second kappa shape index (κ2) is 9.89. The fourth-order valence-electron chi connectivity index (χ4n) is 2.27. The zero-order chi connectivity index (χ0) is 19.8. The van der Waals surface area contributed by atoms with Gasteiger partial charge in [0.15, 0.2) is 5.76 Å². The molecule has 0 aliphatic carbocycles. The zero-order valence-electron chi connectivity index (χ0n) is 15.5. The minimum Gasteiger partial charge on any atom is -0.460 e. The summed E-state index contributed by atoms with van der Waals surface area (Å²) in [4.78, 5) is 34.5. The molecule has 9 heteroatoms. The van der Waals surface area contributed by atoms with Crippen molar-refractivity contribution in [1.82, 2.24) is 14.9 Å². The first-order valence-corrected chi connectivity index (χ1v) is 9.02. The van der Waals surface area contributed by atoms with Crippen molar-refractivity contribution in [2.45, 2.75) is 26.8 Å². The minimum absolute atomic E-state index is 0.202. The third kappa shape index (κ3) is 5.66. The molecule has 0 spiro atoms. The summed E-state index contributed by atoms with van der Waals surface area (Å²) in [6.07, 6.45) is 4.21. The average Bonchev–Trinajstić information content (AvgIpc) is 3.19. The van der Waals surface area contributed by atoms with E-state index in [4.69, 9.17) is 14.9 Å². The molecule has 2 heterocycles. The molecule has 0 aliphatic rings. The number of ether oxygens (including phenoxy) is 1. The molecule has 2 rings (SSSR count). The van der Waals surface area contributed by atoms with Gasteiger partial charge in [-0.05, 0) is 37.7 Å². The summed E-state index contributed by atoms with van der Waals surface area (Å²) in [7, 11) is 1.58. The van der Waals surface area contributed by atoms with Crippen molar-refractivity contribution in [2.75, 3.05) is 19.5 Å². The van der Waals surface area contributed by atoms with Gasteiger partial charge in [0.25, 0.3) is 5.12 Å². The number of furan rings is 1. The topological polar surface area (TPSA) is 112 Å². The molecule has 2 aromatic heterocycles. The summed E-state index contributed by atoms with van der Waals surface area (Å²) in [5, 5.41) is -0.241. The van der Waals surface area contributed by atoms with Crippen LogP contribution in [0.1, 0.15) is 35.3 Å². The number of carbonyl (C=O) groups is 2. The number of nitrogen functional groups attached to an aromatic ring is 1. The van der Waals surface area contributed by atoms with Crippen molar-refractivity contribution in [2.24, 2.45) is 0 Å². The summed E-state index contributed by atoms with van der Waals surface area (Å²) < 4.78 is 10.3. The number of amides is 1. The molecule has 0 saturated heterocycles. The fraction of sp³-hybridized carbons (Fsp3) is 0.333. The van der Waals surface area contributed by atoms with Crippen LogP contribution in [0.15, 0.2) is 39.6 Å². The molecule has 0 radical (unpaired) electrons. The second-order valence-electron chi connectivity index (χ2n) is 5.68. The van der Waals surface area contributed by atoms with Gasteiger partial charge < -0.3 is 19.8 Å². The van der Waals surface area contributed by atoms with Crippen LogP contribution in [0.4, 0.5) is 5.82 Å². The Kier molecular flexibility index (Phi) is 7.56. The number of thioether (sulfide) groups is 1. The van der Waals surface area contributed by atoms with Gasteiger partial charge in [-0.2, -0.15) is 0 Å². The molecule has 2 aromatic rings. The summed E-state index contributed by atoms with van der Waals surface area (Å²) >= 11 is 1.02. The molecular weight excluding hydrogens is 368 g/mol. The van der Waals surface area contributed by atoms with Gasteiger partial charge in [-0.25, -0.2) is 9.97 Å². The molecule has 0 bridgehead atoms. The minimum atomic E-state index is -0.241. The standard InChI is InChI=1S/C18H22N4O4S/c1-12(22(11-23)10-14-9-20-13(2)21-17(14)19)16(6-8-25-3)27-18(24)15-5-4-7-26-15/h4-5,7,9,11H,6,8,10H2,1-3H3,(H2,19,20,21)/b16-12-. The van der Waals surface area contributed by atoms with Gasteiger partial charge in [-0.15, -0.1) is 0 Å². The molecular formula is C18H22N4O4S. The first kappa shape index (κ1) is 20.7. The van der Waals surface area contributed by atoms with E-state index in [1.807, 2.05) is 0 Å². The van der Waals surface area contributed by atoms with Crippen LogP contribution >= 0.6 is 11.8 Å². The highest BCUT2D eigenvalue weighted by Crippen LogP contribution is 2.29. The highest BCUT2D eigenvalue weighted by Gasteiger charge is 2.18. The number of anilines is 1. The van der Waals surface area contributed by atoms with Crippen LogP contribution in [0, 0.1) is 6.92 Å². The maximum absolute atomic E-state index is 12.4. The van der Waals surface area contributed by atoms with E-state index in [0.29, 0.717) is 47.2 Å². The van der Waals surface area contributed by atoms with Gasteiger partial charge >= 0.3 is 0 Å². The Morgan fingerprint density at radius 2 is 2.26 bits per heavy atom. The highest BCUT2D eigenvalue weighted by molar-refractivity contribution is 8.17. The number of nitrogens with two attached hydrogens (primary N) is 1. The van der Waals surface area contributed by atoms with Gasteiger partial charge in [-0.3, -0.25) is 9.59 Å². The van der Waals surface area contributed by atoms with Crippen LogP contribution in [-0.4, -0.2) is 40.1 Å². The summed E-state index contributed by atoms with van der Waals surface area (Å²) in [5.41, 5.74) is 7.18. The molecule has 0 aromatic carbocycles. The van der Waals surface area contributed by atoms with Crippen molar-refractivity contribution in [3.63, 3.8) is 0 Å². The maximum Gasteiger partial charge on any atom is 0.259 e. The van der Waals surface area contributed by atoms with E-state index in [0.717, 1.165) is 11.8 Å². The van der Waals surface area contributed by atoms with E-state index in [2.05, 4.69) is 9.97 Å². The van der Waals surface area contributed by atoms with E-state index in [1.54, 1.807) is 39.3 Å². The third-order valence-corrected chi connectivity index (χ3v) is 4.92. The van der Waals surface area contributed by atoms with E-state index in [9.17, 15) is 9.59 Å². The van der Waals surface area contributed by atoms with Crippen LogP contribution in [0.2, 0.25) is 0 Å². The number of hydrogen-bond acceptors (Lipinski definition) is 8. The number of allylic oxidation sites excluding steroid dienone is 1. The average molecular weight is 390 g/mol. The molecule has 2 N–H and O–H groups in total. The Morgan fingerprint density at radius 3 is 2.85 bits per heavy atom. The molecule has 8 nitrogen and oxygen atoms in total. The van der Waals surface area contributed by atoms with Crippen molar-refractivity contribution < 1.29 is 18.7 Å². The normalized spacial score (nSPS) is 11.8. The zero-order valence-corrected chi connectivity index (χ0v) is 16.3. The molecule has 1 amide bonds. The number of aryl methyl sites for hydroxylation is 1. The van der Waals surface area contributed by atoms with Crippen molar-refractivity contribution in [1.29, 1.82) is 0 Å². The lowest BCUT2D eigenvalue weighted by molar-refractivity contribution is -0.116. The predicted octanol–water partition coefficient (Wildman–Crippen LogP) is 2.76. The largest absolute Gasteiger partial charge is 0.460 e. The Morgan fingerprint density at radius 1 is 1.48 bits per heavy atom. The van der Waals surface area contributed by atoms with Gasteiger partial charge in [0, 0.05) is 35.9 Å². The maximum atomic E-state index is 12.4. The monoisotopic (exact) mass is 390 g/mol. The Balaban J connectivity index is 2.26. The van der Waals surface area contributed by atoms with E-state index in [-0.39, 0.29) is 17.4 Å². The van der Waals surface area contributed by atoms with Crippen LogP contribution in [-0.2, 0) is 16.1 Å². The first-order chi connectivity index (χ1) is 13.0. The number of aromatic nitrogens is 2. The van der Waals surface area contributed by atoms with Gasteiger partial charge in [0.1, 0.15) is 11.6 Å². The van der Waals surface area contributed by atoms with Crippen LogP contribution in [0.3, 0.4) is 0 Å². The first-order valence-electron chi connectivity index (χ1n) is 8.20. The van der Waals surface area contributed by atoms with Crippen molar-refractivity contribution in [3.05, 3.63) is 52.3 Å². The lowest BCUT2D eigenvalue weighted by atomic mass is 10.2. The van der Waals surface area contributed by atoms with Crippen molar-refractivity contribution in [3.8, 4) is 0 Å². The third-order valence-electron chi connectivity index (χ3n) is 3.79. The molecule has 0 fully saturated rings. The molecule has 0 aliphatic heterocycles. The predicted molar refractivity (Wildman–Crippen MR) is 103 cm³/mol. The lowest BCUT2D eigenvalue weighted by Gasteiger charge is -2.22. The number of rotatable bonds is 9. The molecule has 144 valence electrons. The lowest BCUT2D eigenvalue weighted by Crippen LogP contribution is -2.22. The summed E-state index contributed by atoms with van der Waals surface area (Å²) in [6.45, 7) is 4.12. The fourth-order valence-corrected chi connectivity index (χ4v) is 3.16. The van der Waals surface area contributed by atoms with Crippen LogP contribution in [0.5, 0.6) is 0 Å². The van der Waals surface area contributed by atoms with E-state index < -0.39 is 0 Å². The smallest absolute Gasteiger partial charge is 0.259 e. The Hall–Kier alpha value is -2.65. The number of carbonyl (C=O) groups excluding carboxylic acids is 2. The molecule has 0 atom stereocenters. The van der Waals surface area contributed by atoms with E-state index in [1.165, 1.54) is 11.2 Å². The van der Waals surface area contributed by atoms with Crippen LogP contribution < -0.4 is 5.73 Å². The van der Waals surface area contributed by atoms with E-state index >= 15 is 0 Å². The van der Waals surface area contributed by atoms with Crippen molar-refractivity contribution >= 4 is 29.1 Å². The van der Waals surface area contributed by atoms with Gasteiger partial charge in [-0.1, -0.05) is 0 Å². The number of methoxy groups -OCH3 is 1. The highest BCUT2D eigenvalue weighted by atomic mass is 32.2. The quantitative estimate of drug-likeness (QED) is 0.651. The number of nitrogens with zero attached hydrogens (tertiary/aromatic N) is 3. The SMILES string of the molecule is COCC/C(SC(=O)c1ccco1)=C(\C)N(C=O)Cc1cnc(C)nc1N. The Bertz CT molecular complexity index is 821. The summed E-state index contributed by atoms with van der Waals surface area (Å²) in [5.74, 6) is 1.12. The second-order valence-corrected chi connectivity index (χ2v) is 6.75. The summed E-state index contributed by atoms with van der Waals surface area (Å²) in [6, 6.07) is 3.25.